The Balaban J connectivity index is 2.07. The minimum Gasteiger partial charge on any atom is -0.497 e. The van der Waals surface area contributed by atoms with Crippen molar-refractivity contribution >= 4 is 16.1 Å². The number of carbonyl (C=O) groups is 1. The van der Waals surface area contributed by atoms with E-state index in [1.54, 1.807) is 42.1 Å². The molecule has 0 spiro atoms. The van der Waals surface area contributed by atoms with E-state index in [1.165, 1.54) is 12.1 Å². The lowest BCUT2D eigenvalue weighted by Crippen LogP contribution is -2.32. The van der Waals surface area contributed by atoms with Crippen molar-refractivity contribution in [1.82, 2.24) is 14.8 Å². The molecule has 3 rings (SSSR count). The van der Waals surface area contributed by atoms with Gasteiger partial charge in [-0.15, -0.1) is 0 Å². The summed E-state index contributed by atoms with van der Waals surface area (Å²) in [5.74, 6) is 0.674. The number of amides is 2. The molecule has 0 aliphatic carbocycles. The van der Waals surface area contributed by atoms with E-state index in [0.717, 1.165) is 5.56 Å². The third-order valence-corrected chi connectivity index (χ3v) is 5.05. The summed E-state index contributed by atoms with van der Waals surface area (Å²) in [7, 11) is -2.27. The van der Waals surface area contributed by atoms with E-state index in [0.29, 0.717) is 27.9 Å². The second kappa shape index (κ2) is 7.91. The molecule has 11 heteroatoms. The van der Waals surface area contributed by atoms with Crippen LogP contribution in [0.3, 0.4) is 0 Å². The lowest BCUT2D eigenvalue weighted by Gasteiger charge is -2.10. The molecule has 1 aromatic heterocycles. The Morgan fingerprint density at radius 1 is 1.17 bits per heavy atom. The summed E-state index contributed by atoms with van der Waals surface area (Å²) in [6, 6.07) is 13.7. The van der Waals surface area contributed by atoms with Crippen molar-refractivity contribution in [2.45, 2.75) is 11.4 Å². The van der Waals surface area contributed by atoms with Gasteiger partial charge in [0.1, 0.15) is 5.75 Å². The van der Waals surface area contributed by atoms with Gasteiger partial charge < -0.3 is 10.5 Å². The Morgan fingerprint density at radius 3 is 2.31 bits per heavy atom. The summed E-state index contributed by atoms with van der Waals surface area (Å²) < 4.78 is 29.7. The number of primary amides is 1. The maximum Gasteiger partial charge on any atom is 0.338 e. The number of primary sulfonamides is 1. The van der Waals surface area contributed by atoms with E-state index in [2.05, 4.69) is 5.10 Å². The average Bonchev–Trinajstić information content (AvgIpc) is 3.11. The Kier molecular flexibility index (Phi) is 5.55. The molecule has 0 radical (unpaired) electrons. The molecule has 10 nitrogen and oxygen atoms in total. The first-order chi connectivity index (χ1) is 13.7. The van der Waals surface area contributed by atoms with Crippen molar-refractivity contribution in [2.75, 3.05) is 7.11 Å². The predicted octanol–water partition coefficient (Wildman–Crippen LogP) is 1.47. The van der Waals surface area contributed by atoms with Crippen LogP contribution in [-0.4, -0.2) is 41.6 Å². The van der Waals surface area contributed by atoms with Gasteiger partial charge in [-0.1, -0.05) is 0 Å². The lowest BCUT2D eigenvalue weighted by atomic mass is 10.1. The number of methoxy groups -OCH3 is 1. The minimum absolute atomic E-state index is 0.0325. The highest BCUT2D eigenvalue weighted by atomic mass is 32.2. The number of benzene rings is 2. The van der Waals surface area contributed by atoms with Gasteiger partial charge in [0.05, 0.1) is 35.6 Å². The highest BCUT2D eigenvalue weighted by Gasteiger charge is 2.16. The molecule has 2 aromatic carbocycles. The molecule has 3 aromatic rings. The molecular weight excluding hydrogens is 398 g/mol. The number of urea groups is 1. The van der Waals surface area contributed by atoms with Crippen molar-refractivity contribution < 1.29 is 23.2 Å². The molecule has 1 heterocycles. The molecule has 152 valence electrons. The molecule has 5 N–H and O–H groups in total. The smallest absolute Gasteiger partial charge is 0.338 e. The quantitative estimate of drug-likeness (QED) is 0.408. The number of nitrogens with two attached hydrogens (primary N) is 2. The maximum absolute atomic E-state index is 11.5. The van der Waals surface area contributed by atoms with Crippen LogP contribution in [0.15, 0.2) is 59.5 Å². The van der Waals surface area contributed by atoms with Gasteiger partial charge in [-0.05, 0) is 54.6 Å². The number of sulfonamides is 1. The number of hydroxylamine groups is 2. The van der Waals surface area contributed by atoms with Gasteiger partial charge in [0.2, 0.25) is 10.0 Å². The Morgan fingerprint density at radius 2 is 1.79 bits per heavy atom. The topological polar surface area (TPSA) is 154 Å². The summed E-state index contributed by atoms with van der Waals surface area (Å²) >= 11 is 0. The van der Waals surface area contributed by atoms with E-state index in [1.807, 2.05) is 12.1 Å². The summed E-state index contributed by atoms with van der Waals surface area (Å²) in [4.78, 5) is 11.1. The molecule has 0 saturated carbocycles. The van der Waals surface area contributed by atoms with Crippen LogP contribution >= 0.6 is 0 Å². The summed E-state index contributed by atoms with van der Waals surface area (Å²) in [5.41, 5.74) is 7.41. The highest BCUT2D eigenvalue weighted by molar-refractivity contribution is 7.89. The van der Waals surface area contributed by atoms with E-state index in [4.69, 9.17) is 15.6 Å². The zero-order valence-electron chi connectivity index (χ0n) is 15.4. The van der Waals surface area contributed by atoms with E-state index >= 15 is 0 Å². The standard InChI is InChI=1S/C18H19N5O5S/c1-28-15-6-2-12(3-7-15)17-10-13(11-22(25)18(19)24)21-23(17)14-4-8-16(9-5-14)29(20,26)27/h2-10,25H,11H2,1H3,(H2,19,24)(H2,20,26,27). The molecular formula is C18H19N5O5S. The van der Waals surface area contributed by atoms with Crippen LogP contribution in [0.4, 0.5) is 4.79 Å². The fourth-order valence-electron chi connectivity index (χ4n) is 2.68. The Bertz CT molecular complexity index is 1120. The zero-order chi connectivity index (χ0) is 21.2. The molecule has 0 unspecified atom stereocenters. The van der Waals surface area contributed by atoms with Gasteiger partial charge in [-0.2, -0.15) is 5.10 Å². The number of ether oxygens (including phenoxy) is 1. The number of nitrogens with zero attached hydrogens (tertiary/aromatic N) is 3. The zero-order valence-corrected chi connectivity index (χ0v) is 16.2. The van der Waals surface area contributed by atoms with Crippen molar-refractivity contribution in [3.8, 4) is 22.7 Å². The second-order valence-corrected chi connectivity index (χ2v) is 7.66. The first-order valence-electron chi connectivity index (χ1n) is 8.31. The number of aromatic nitrogens is 2. The van der Waals surface area contributed by atoms with Gasteiger partial charge in [-0.25, -0.2) is 28.1 Å². The Hall–Kier alpha value is -3.41. The fourth-order valence-corrected chi connectivity index (χ4v) is 3.20. The summed E-state index contributed by atoms with van der Waals surface area (Å²) in [6.07, 6.45) is 0. The molecule has 2 amide bonds. The number of hydrogen-bond donors (Lipinski definition) is 3. The maximum atomic E-state index is 11.5. The first-order valence-corrected chi connectivity index (χ1v) is 9.86. The average molecular weight is 417 g/mol. The highest BCUT2D eigenvalue weighted by Crippen LogP contribution is 2.27. The molecule has 0 atom stereocenters. The van der Waals surface area contributed by atoms with Crippen LogP contribution in [-0.2, 0) is 16.6 Å². The minimum atomic E-state index is -3.83. The molecule has 0 fully saturated rings. The number of carbonyl (C=O) groups excluding carboxylic acids is 1. The lowest BCUT2D eigenvalue weighted by molar-refractivity contribution is -0.0479. The monoisotopic (exact) mass is 417 g/mol. The van der Waals surface area contributed by atoms with E-state index in [-0.39, 0.29) is 11.4 Å². The predicted molar refractivity (Wildman–Crippen MR) is 104 cm³/mol. The number of hydrogen-bond acceptors (Lipinski definition) is 6. The SMILES string of the molecule is COc1ccc(-c2cc(CN(O)C(N)=O)nn2-c2ccc(S(N)(=O)=O)cc2)cc1. The fraction of sp³-hybridized carbons (Fsp3) is 0.111. The first kappa shape index (κ1) is 20.3. The third-order valence-electron chi connectivity index (χ3n) is 4.12. The normalized spacial score (nSPS) is 11.3. The van der Waals surface area contributed by atoms with Crippen LogP contribution in [0, 0.1) is 0 Å². The summed E-state index contributed by atoms with van der Waals surface area (Å²) in [6.45, 7) is -0.221. The second-order valence-electron chi connectivity index (χ2n) is 6.10. The number of rotatable bonds is 6. The van der Waals surface area contributed by atoms with Crippen molar-refractivity contribution in [2.24, 2.45) is 10.9 Å². The van der Waals surface area contributed by atoms with Gasteiger partial charge in [-0.3, -0.25) is 5.21 Å². The van der Waals surface area contributed by atoms with Crippen LogP contribution < -0.4 is 15.6 Å². The van der Waals surface area contributed by atoms with Crippen LogP contribution in [0.2, 0.25) is 0 Å². The van der Waals surface area contributed by atoms with Gasteiger partial charge >= 0.3 is 6.03 Å². The summed E-state index contributed by atoms with van der Waals surface area (Å²) in [5, 5.41) is 19.5. The van der Waals surface area contributed by atoms with Crippen LogP contribution in [0.5, 0.6) is 5.75 Å². The Labute approximate surface area is 166 Å². The van der Waals surface area contributed by atoms with Crippen molar-refractivity contribution in [1.29, 1.82) is 0 Å². The molecule has 0 bridgehead atoms. The van der Waals surface area contributed by atoms with Crippen molar-refractivity contribution in [3.05, 3.63) is 60.3 Å². The van der Waals surface area contributed by atoms with Gasteiger partial charge in [0, 0.05) is 5.56 Å². The molecule has 0 aliphatic heterocycles. The molecule has 29 heavy (non-hydrogen) atoms. The third kappa shape index (κ3) is 4.54. The van der Waals surface area contributed by atoms with Gasteiger partial charge in [0.15, 0.2) is 0 Å². The van der Waals surface area contributed by atoms with Crippen LogP contribution in [0.1, 0.15) is 5.69 Å². The van der Waals surface area contributed by atoms with Crippen molar-refractivity contribution in [3.63, 3.8) is 0 Å². The molecule has 0 aliphatic rings. The van der Waals surface area contributed by atoms with E-state index < -0.39 is 16.1 Å². The largest absolute Gasteiger partial charge is 0.497 e. The molecule has 0 saturated heterocycles. The van der Waals surface area contributed by atoms with Crippen LogP contribution in [0.25, 0.3) is 16.9 Å². The van der Waals surface area contributed by atoms with E-state index in [9.17, 15) is 18.4 Å². The van der Waals surface area contributed by atoms with Gasteiger partial charge in [0.25, 0.3) is 0 Å².